The van der Waals surface area contributed by atoms with E-state index in [4.69, 9.17) is 4.98 Å². The Balaban J connectivity index is 1.71. The number of tetrazole rings is 1. The van der Waals surface area contributed by atoms with E-state index in [-0.39, 0.29) is 0 Å². The summed E-state index contributed by atoms with van der Waals surface area (Å²) in [5.41, 5.74) is 3.43. The molecule has 1 aliphatic heterocycles. The molecule has 0 aliphatic carbocycles. The zero-order valence-electron chi connectivity index (χ0n) is 15.5. The summed E-state index contributed by atoms with van der Waals surface area (Å²) < 4.78 is 0. The van der Waals surface area contributed by atoms with E-state index in [0.29, 0.717) is 11.5 Å². The maximum absolute atomic E-state index is 12.2. The maximum Gasteiger partial charge on any atom is 0.264 e. The Kier molecular flexibility index (Phi) is 4.33. The first-order chi connectivity index (χ1) is 14.2. The molecule has 8 heteroatoms. The van der Waals surface area contributed by atoms with Crippen molar-refractivity contribution in [1.82, 2.24) is 25.2 Å². The van der Waals surface area contributed by atoms with Gasteiger partial charge >= 0.3 is 0 Å². The third kappa shape index (κ3) is 3.17. The standard InChI is InChI=1S/C21H16N6OS/c1-27-25-21(24-26-27)23-18-15-11-14-9-5-6-10-17(14)22-20(15)29-19(16(18)12-28)13-7-3-2-4-8-13/h2-12,18H,1H3,(H,23,25). The van der Waals surface area contributed by atoms with Crippen LogP contribution in [0.25, 0.3) is 15.8 Å². The second kappa shape index (κ2) is 7.14. The second-order valence-corrected chi connectivity index (χ2v) is 7.62. The Labute approximate surface area is 170 Å². The van der Waals surface area contributed by atoms with Crippen molar-refractivity contribution in [1.29, 1.82) is 0 Å². The molecule has 5 rings (SSSR count). The van der Waals surface area contributed by atoms with Gasteiger partial charge in [0.2, 0.25) is 0 Å². The predicted octanol–water partition coefficient (Wildman–Crippen LogP) is 3.63. The van der Waals surface area contributed by atoms with Gasteiger partial charge in [-0.25, -0.2) is 4.98 Å². The van der Waals surface area contributed by atoms with Crippen LogP contribution in [0.2, 0.25) is 0 Å². The van der Waals surface area contributed by atoms with Gasteiger partial charge in [0.25, 0.3) is 5.95 Å². The van der Waals surface area contributed by atoms with Crippen molar-refractivity contribution in [2.45, 2.75) is 11.1 Å². The summed E-state index contributed by atoms with van der Waals surface area (Å²) in [6, 6.07) is 19.5. The quantitative estimate of drug-likeness (QED) is 0.524. The van der Waals surface area contributed by atoms with Crippen LogP contribution in [-0.2, 0) is 11.8 Å². The van der Waals surface area contributed by atoms with Crippen LogP contribution >= 0.6 is 11.8 Å². The topological polar surface area (TPSA) is 85.6 Å². The first-order valence-corrected chi connectivity index (χ1v) is 9.87. The minimum Gasteiger partial charge on any atom is -0.340 e. The number of benzene rings is 2. The Morgan fingerprint density at radius 3 is 2.66 bits per heavy atom. The van der Waals surface area contributed by atoms with E-state index in [1.165, 1.54) is 16.6 Å². The van der Waals surface area contributed by atoms with Crippen LogP contribution in [0.15, 0.2) is 71.3 Å². The molecule has 2 aromatic heterocycles. The van der Waals surface area contributed by atoms with Crippen molar-refractivity contribution < 1.29 is 4.79 Å². The number of rotatable bonds is 4. The van der Waals surface area contributed by atoms with Crippen molar-refractivity contribution in [3.05, 3.63) is 77.4 Å². The molecule has 4 aromatic rings. The van der Waals surface area contributed by atoms with Crippen molar-refractivity contribution >= 4 is 39.8 Å². The molecule has 0 saturated heterocycles. The van der Waals surface area contributed by atoms with Crippen molar-refractivity contribution in [3.63, 3.8) is 0 Å². The summed E-state index contributed by atoms with van der Waals surface area (Å²) in [7, 11) is 1.70. The van der Waals surface area contributed by atoms with E-state index in [2.05, 4.69) is 26.8 Å². The molecular weight excluding hydrogens is 384 g/mol. The summed E-state index contributed by atoms with van der Waals surface area (Å²) in [6.07, 6.45) is 0.904. The average Bonchev–Trinajstić information content (AvgIpc) is 3.17. The maximum atomic E-state index is 12.2. The average molecular weight is 400 g/mol. The number of nitrogens with one attached hydrogen (secondary N) is 1. The molecule has 0 saturated carbocycles. The van der Waals surface area contributed by atoms with Crippen LogP contribution in [-0.4, -0.2) is 31.5 Å². The van der Waals surface area contributed by atoms with Crippen LogP contribution in [0.1, 0.15) is 17.2 Å². The lowest BCUT2D eigenvalue weighted by Gasteiger charge is -2.28. The fraction of sp³-hybridized carbons (Fsp3) is 0.0952. The highest BCUT2D eigenvalue weighted by atomic mass is 32.2. The molecule has 7 nitrogen and oxygen atoms in total. The monoisotopic (exact) mass is 400 g/mol. The highest BCUT2D eigenvalue weighted by Crippen LogP contribution is 2.48. The lowest BCUT2D eigenvalue weighted by Crippen LogP contribution is -2.20. The summed E-state index contributed by atoms with van der Waals surface area (Å²) in [5, 5.41) is 17.3. The van der Waals surface area contributed by atoms with Gasteiger partial charge in [-0.3, -0.25) is 4.79 Å². The number of carbonyl (C=O) groups is 1. The number of aldehydes is 1. The summed E-state index contributed by atoms with van der Waals surface area (Å²) in [6.45, 7) is 0. The van der Waals surface area contributed by atoms with Gasteiger partial charge in [-0.2, -0.15) is 4.80 Å². The molecule has 3 heterocycles. The van der Waals surface area contributed by atoms with Gasteiger partial charge in [0.05, 0.1) is 18.6 Å². The Morgan fingerprint density at radius 2 is 1.90 bits per heavy atom. The number of nitrogens with zero attached hydrogens (tertiary/aromatic N) is 5. The number of fused-ring (bicyclic) bond motifs is 2. The van der Waals surface area contributed by atoms with Crippen molar-refractivity contribution in [3.8, 4) is 0 Å². The second-order valence-electron chi connectivity index (χ2n) is 6.63. The molecule has 0 fully saturated rings. The number of thioether (sulfide) groups is 1. The smallest absolute Gasteiger partial charge is 0.264 e. The normalized spacial score (nSPS) is 16.0. The van der Waals surface area contributed by atoms with Gasteiger partial charge in [-0.1, -0.05) is 65.4 Å². The SMILES string of the molecule is Cn1nnc(NC2C(C=O)=C(c3ccccc3)Sc3nc4ccccc4cc32)n1. The van der Waals surface area contributed by atoms with Crippen LogP contribution in [0.3, 0.4) is 0 Å². The lowest BCUT2D eigenvalue weighted by atomic mass is 9.96. The van der Waals surface area contributed by atoms with Crippen LogP contribution < -0.4 is 5.32 Å². The zero-order chi connectivity index (χ0) is 19.8. The first kappa shape index (κ1) is 17.6. The van der Waals surface area contributed by atoms with Gasteiger partial charge in [-0.15, -0.1) is 5.10 Å². The minimum absolute atomic E-state index is 0.357. The Bertz CT molecular complexity index is 1250. The van der Waals surface area contributed by atoms with E-state index in [9.17, 15) is 4.79 Å². The first-order valence-electron chi connectivity index (χ1n) is 9.06. The molecule has 0 spiro atoms. The highest BCUT2D eigenvalue weighted by molar-refractivity contribution is 8.08. The van der Waals surface area contributed by atoms with E-state index in [1.807, 2.05) is 54.6 Å². The summed E-state index contributed by atoms with van der Waals surface area (Å²) in [5.74, 6) is 0.357. The van der Waals surface area contributed by atoms with Crippen LogP contribution in [0.4, 0.5) is 5.95 Å². The van der Waals surface area contributed by atoms with Crippen LogP contribution in [0, 0.1) is 0 Å². The number of hydrogen-bond acceptors (Lipinski definition) is 7. The zero-order valence-corrected chi connectivity index (χ0v) is 16.3. The van der Waals surface area contributed by atoms with Gasteiger partial charge < -0.3 is 5.32 Å². The number of anilines is 1. The number of hydrogen-bond donors (Lipinski definition) is 1. The van der Waals surface area contributed by atoms with Crippen LogP contribution in [0.5, 0.6) is 0 Å². The number of aromatic nitrogens is 5. The molecular formula is C21H16N6OS. The third-order valence-corrected chi connectivity index (χ3v) is 5.94. The molecule has 1 aliphatic rings. The molecule has 1 N–H and O–H groups in total. The predicted molar refractivity (Wildman–Crippen MR) is 112 cm³/mol. The Morgan fingerprint density at radius 1 is 1.10 bits per heavy atom. The summed E-state index contributed by atoms with van der Waals surface area (Å²) >= 11 is 1.51. The number of pyridine rings is 1. The van der Waals surface area contributed by atoms with Gasteiger partial charge in [0.15, 0.2) is 0 Å². The number of aryl methyl sites for hydroxylation is 1. The van der Waals surface area contributed by atoms with E-state index < -0.39 is 6.04 Å². The molecule has 1 unspecified atom stereocenters. The molecule has 142 valence electrons. The summed E-state index contributed by atoms with van der Waals surface area (Å²) in [4.78, 5) is 19.3. The van der Waals surface area contributed by atoms with Gasteiger partial charge in [-0.05, 0) is 22.9 Å². The van der Waals surface area contributed by atoms with E-state index in [1.54, 1.807) is 7.05 Å². The molecule has 0 amide bonds. The number of carbonyl (C=O) groups excluding carboxylic acids is 1. The van der Waals surface area contributed by atoms with E-state index in [0.717, 1.165) is 38.2 Å². The molecule has 29 heavy (non-hydrogen) atoms. The lowest BCUT2D eigenvalue weighted by molar-refractivity contribution is -0.105. The van der Waals surface area contributed by atoms with Crippen molar-refractivity contribution in [2.24, 2.45) is 7.05 Å². The molecule has 1 atom stereocenters. The largest absolute Gasteiger partial charge is 0.340 e. The van der Waals surface area contributed by atoms with E-state index >= 15 is 0 Å². The Hall–Kier alpha value is -3.52. The molecule has 0 radical (unpaired) electrons. The fourth-order valence-electron chi connectivity index (χ4n) is 3.42. The molecule has 2 aromatic carbocycles. The van der Waals surface area contributed by atoms with Gasteiger partial charge in [0.1, 0.15) is 11.3 Å². The van der Waals surface area contributed by atoms with Gasteiger partial charge in [0, 0.05) is 21.4 Å². The highest BCUT2D eigenvalue weighted by Gasteiger charge is 2.31. The fourth-order valence-corrected chi connectivity index (χ4v) is 4.59. The van der Waals surface area contributed by atoms with Crippen molar-refractivity contribution in [2.75, 3.05) is 5.32 Å². The third-order valence-electron chi connectivity index (χ3n) is 4.74. The molecule has 0 bridgehead atoms. The number of para-hydroxylation sites is 1. The minimum atomic E-state index is -0.430.